The minimum atomic E-state index is -3.77. The molecule has 0 fully saturated rings. The fourth-order valence-electron chi connectivity index (χ4n) is 1.34. The number of rotatable bonds is 9. The van der Waals surface area contributed by atoms with Gasteiger partial charge in [0.1, 0.15) is 6.61 Å². The quantitative estimate of drug-likeness (QED) is 0.297. The van der Waals surface area contributed by atoms with E-state index in [1.807, 2.05) is 6.92 Å². The molecule has 1 rings (SSSR count). The Morgan fingerprint density at radius 3 is 2.38 bits per heavy atom. The number of aryl methyl sites for hydroxylation is 1. The highest BCUT2D eigenvalue weighted by Crippen LogP contribution is 2.12. The van der Waals surface area contributed by atoms with Crippen molar-refractivity contribution >= 4 is 16.1 Å². The molecule has 0 atom stereocenters. The lowest BCUT2D eigenvalue weighted by Crippen LogP contribution is -2.14. The maximum atomic E-state index is 11.8. The molecule has 0 amide bonds. The first-order valence-electron chi connectivity index (χ1n) is 6.29. The van der Waals surface area contributed by atoms with E-state index in [9.17, 15) is 13.2 Å². The lowest BCUT2D eigenvalue weighted by Gasteiger charge is -2.07. The van der Waals surface area contributed by atoms with Crippen molar-refractivity contribution in [1.82, 2.24) is 0 Å². The van der Waals surface area contributed by atoms with Gasteiger partial charge in [-0.1, -0.05) is 24.3 Å². The summed E-state index contributed by atoms with van der Waals surface area (Å²) in [6.07, 6.45) is 1.05. The van der Waals surface area contributed by atoms with E-state index in [-0.39, 0.29) is 31.3 Å². The molecule has 6 nitrogen and oxygen atoms in total. The van der Waals surface area contributed by atoms with Crippen molar-refractivity contribution < 1.29 is 26.9 Å². The highest BCUT2D eigenvalue weighted by molar-refractivity contribution is 7.86. The Bertz CT molecular complexity index is 562. The number of hydrogen-bond acceptors (Lipinski definition) is 6. The fourth-order valence-corrected chi connectivity index (χ4v) is 2.23. The van der Waals surface area contributed by atoms with Crippen molar-refractivity contribution in [2.75, 3.05) is 26.4 Å². The Morgan fingerprint density at radius 1 is 1.14 bits per heavy atom. The van der Waals surface area contributed by atoms with E-state index >= 15 is 0 Å². The monoisotopic (exact) mass is 314 g/mol. The van der Waals surface area contributed by atoms with Crippen LogP contribution in [-0.4, -0.2) is 40.8 Å². The van der Waals surface area contributed by atoms with Crippen molar-refractivity contribution in [3.8, 4) is 0 Å². The van der Waals surface area contributed by atoms with Crippen LogP contribution < -0.4 is 0 Å². The summed E-state index contributed by atoms with van der Waals surface area (Å²) in [5, 5.41) is 0. The average molecular weight is 314 g/mol. The molecule has 21 heavy (non-hydrogen) atoms. The molecule has 0 saturated carbocycles. The lowest BCUT2D eigenvalue weighted by atomic mass is 10.2. The summed E-state index contributed by atoms with van der Waals surface area (Å²) in [5.74, 6) is -0.531. The molecule has 0 spiro atoms. The van der Waals surface area contributed by atoms with E-state index in [0.29, 0.717) is 0 Å². The molecule has 7 heteroatoms. The van der Waals surface area contributed by atoms with Crippen LogP contribution in [-0.2, 0) is 28.6 Å². The molecule has 0 aliphatic heterocycles. The van der Waals surface area contributed by atoms with E-state index in [1.54, 1.807) is 12.1 Å². The first-order valence-corrected chi connectivity index (χ1v) is 7.69. The molecule has 0 aliphatic carbocycles. The molecule has 0 N–H and O–H groups in total. The van der Waals surface area contributed by atoms with Gasteiger partial charge < -0.3 is 9.47 Å². The minimum absolute atomic E-state index is 0.0789. The summed E-state index contributed by atoms with van der Waals surface area (Å²) in [7, 11) is -3.77. The van der Waals surface area contributed by atoms with E-state index in [1.165, 1.54) is 12.1 Å². The van der Waals surface area contributed by atoms with E-state index in [0.717, 1.165) is 11.6 Å². The van der Waals surface area contributed by atoms with Crippen molar-refractivity contribution in [3.63, 3.8) is 0 Å². The summed E-state index contributed by atoms with van der Waals surface area (Å²) in [6.45, 7) is 5.33. The van der Waals surface area contributed by atoms with Gasteiger partial charge >= 0.3 is 5.97 Å². The molecule has 0 bridgehead atoms. The number of hydrogen-bond donors (Lipinski definition) is 0. The van der Waals surface area contributed by atoms with Crippen molar-refractivity contribution in [2.24, 2.45) is 0 Å². The first-order chi connectivity index (χ1) is 9.95. The van der Waals surface area contributed by atoms with Crippen molar-refractivity contribution in [1.29, 1.82) is 0 Å². The van der Waals surface area contributed by atoms with Gasteiger partial charge in [0.2, 0.25) is 0 Å². The smallest absolute Gasteiger partial charge is 0.330 e. The van der Waals surface area contributed by atoms with Crippen molar-refractivity contribution in [3.05, 3.63) is 42.5 Å². The Kier molecular flexibility index (Phi) is 7.07. The van der Waals surface area contributed by atoms with Gasteiger partial charge in [-0.25, -0.2) is 4.79 Å². The van der Waals surface area contributed by atoms with Gasteiger partial charge in [-0.05, 0) is 19.1 Å². The zero-order chi connectivity index (χ0) is 15.7. The maximum absolute atomic E-state index is 11.8. The highest BCUT2D eigenvalue weighted by atomic mass is 32.2. The second-order valence-electron chi connectivity index (χ2n) is 4.07. The van der Waals surface area contributed by atoms with Crippen LogP contribution in [0.15, 0.2) is 41.8 Å². The molecule has 0 heterocycles. The Morgan fingerprint density at radius 2 is 1.76 bits per heavy atom. The van der Waals surface area contributed by atoms with E-state index in [4.69, 9.17) is 8.92 Å². The number of carbonyl (C=O) groups is 1. The molecule has 0 aromatic heterocycles. The minimum Gasteiger partial charge on any atom is -0.460 e. The summed E-state index contributed by atoms with van der Waals surface area (Å²) in [5.41, 5.74) is 0.964. The average Bonchev–Trinajstić information content (AvgIpc) is 2.46. The molecule has 1 aromatic carbocycles. The zero-order valence-electron chi connectivity index (χ0n) is 11.8. The Balaban J connectivity index is 2.24. The number of benzene rings is 1. The van der Waals surface area contributed by atoms with Crippen LogP contribution in [0, 0.1) is 6.92 Å². The third-order valence-electron chi connectivity index (χ3n) is 2.41. The SMILES string of the molecule is C=CC(=O)OCCOCCOS(=O)(=O)c1ccc(C)cc1. The van der Waals surface area contributed by atoms with Crippen LogP contribution >= 0.6 is 0 Å². The second-order valence-corrected chi connectivity index (χ2v) is 5.69. The van der Waals surface area contributed by atoms with Crippen LogP contribution in [0.4, 0.5) is 0 Å². The molecule has 0 radical (unpaired) electrons. The van der Waals surface area contributed by atoms with Gasteiger partial charge in [-0.15, -0.1) is 0 Å². The van der Waals surface area contributed by atoms with Crippen LogP contribution in [0.1, 0.15) is 5.56 Å². The molecular formula is C14H18O6S. The van der Waals surface area contributed by atoms with Crippen LogP contribution in [0.2, 0.25) is 0 Å². The van der Waals surface area contributed by atoms with Gasteiger partial charge in [0.25, 0.3) is 10.1 Å². The second kappa shape index (κ2) is 8.56. The topological polar surface area (TPSA) is 78.9 Å². The lowest BCUT2D eigenvalue weighted by molar-refractivity contribution is -0.139. The van der Waals surface area contributed by atoms with Crippen LogP contribution in [0.5, 0.6) is 0 Å². The summed E-state index contributed by atoms with van der Waals surface area (Å²) in [4.78, 5) is 10.8. The van der Waals surface area contributed by atoms with E-state index < -0.39 is 16.1 Å². The molecule has 0 unspecified atom stereocenters. The summed E-state index contributed by atoms with van der Waals surface area (Å²) < 4.78 is 38.2. The van der Waals surface area contributed by atoms with Gasteiger partial charge in [-0.3, -0.25) is 4.18 Å². The van der Waals surface area contributed by atoms with Gasteiger partial charge in [-0.2, -0.15) is 8.42 Å². The summed E-state index contributed by atoms with van der Waals surface area (Å²) in [6, 6.07) is 6.36. The maximum Gasteiger partial charge on any atom is 0.330 e. The normalized spacial score (nSPS) is 11.1. The molecular weight excluding hydrogens is 296 g/mol. The summed E-state index contributed by atoms with van der Waals surface area (Å²) >= 11 is 0. The number of esters is 1. The first kappa shape index (κ1) is 17.4. The van der Waals surface area contributed by atoms with Crippen LogP contribution in [0.25, 0.3) is 0 Å². The largest absolute Gasteiger partial charge is 0.460 e. The molecule has 1 aromatic rings. The van der Waals surface area contributed by atoms with Gasteiger partial charge in [0.15, 0.2) is 0 Å². The van der Waals surface area contributed by atoms with Gasteiger partial charge in [0, 0.05) is 6.08 Å². The molecule has 0 saturated heterocycles. The van der Waals surface area contributed by atoms with Crippen LogP contribution in [0.3, 0.4) is 0 Å². The third kappa shape index (κ3) is 6.52. The Hall–Kier alpha value is -1.70. The highest BCUT2D eigenvalue weighted by Gasteiger charge is 2.14. The fraction of sp³-hybridized carbons (Fsp3) is 0.357. The predicted octanol–water partition coefficient (Wildman–Crippen LogP) is 1.45. The zero-order valence-corrected chi connectivity index (χ0v) is 12.6. The number of carbonyl (C=O) groups excluding carboxylic acids is 1. The Labute approximate surface area is 124 Å². The molecule has 0 aliphatic rings. The van der Waals surface area contributed by atoms with Crippen molar-refractivity contribution in [2.45, 2.75) is 11.8 Å². The molecule has 116 valence electrons. The number of ether oxygens (including phenoxy) is 2. The van der Waals surface area contributed by atoms with E-state index in [2.05, 4.69) is 11.3 Å². The third-order valence-corrected chi connectivity index (χ3v) is 3.74. The van der Waals surface area contributed by atoms with Gasteiger partial charge in [0.05, 0.1) is 24.7 Å². The predicted molar refractivity (Wildman–Crippen MR) is 76.3 cm³/mol. The standard InChI is InChI=1S/C14H18O6S/c1-3-14(15)19-10-8-18-9-11-20-21(16,17)13-6-4-12(2)5-7-13/h3-7H,1,8-11H2,2H3.